The molecule has 0 N–H and O–H groups in total. The van der Waals surface area contributed by atoms with Crippen molar-refractivity contribution < 1.29 is 32.7 Å². The summed E-state index contributed by atoms with van der Waals surface area (Å²) >= 11 is 0. The third kappa shape index (κ3) is 12.5. The second-order valence-corrected chi connectivity index (χ2v) is 4.18. The summed E-state index contributed by atoms with van der Waals surface area (Å²) in [6.07, 6.45) is 0. The molecule has 9 heteroatoms. The van der Waals surface area contributed by atoms with Crippen molar-refractivity contribution in [2.45, 2.75) is 0 Å². The van der Waals surface area contributed by atoms with E-state index in [9.17, 15) is 0 Å². The van der Waals surface area contributed by atoms with Gasteiger partial charge >= 0.3 is 17.8 Å². The van der Waals surface area contributed by atoms with Gasteiger partial charge in [0.2, 0.25) is 0 Å². The molecule has 6 nitrogen and oxygen atoms in total. The standard InChI is InChI=1S/2C3N3Si.Y/c1-6-7(2-4)3-5;4-1-7(2-5)3-6;. The van der Waals surface area contributed by atoms with Gasteiger partial charge in [0.1, 0.15) is 11.4 Å². The second kappa shape index (κ2) is 15.0. The molecule has 0 aliphatic heterocycles. The predicted octanol–water partition coefficient (Wildman–Crippen LogP) is -0.310. The van der Waals surface area contributed by atoms with Crippen LogP contribution in [0.3, 0.4) is 0 Å². The van der Waals surface area contributed by atoms with Crippen LogP contribution in [-0.2, 0) is 32.7 Å². The molecule has 3 radical (unpaired) electrons. The molecule has 0 aromatic heterocycles. The van der Waals surface area contributed by atoms with Crippen LogP contribution in [0.1, 0.15) is 0 Å². The van der Waals surface area contributed by atoms with Crippen LogP contribution >= 0.6 is 0 Å². The molecule has 0 heterocycles. The normalized spacial score (nSPS) is 5.60. The number of hydrogen-bond acceptors (Lipinski definition) is 5. The van der Waals surface area contributed by atoms with Crippen LogP contribution in [0.25, 0.3) is 4.51 Å². The maximum absolute atomic E-state index is 7.89. The van der Waals surface area contributed by atoms with Crippen molar-refractivity contribution in [1.82, 2.24) is 0 Å². The van der Waals surface area contributed by atoms with Gasteiger partial charge in [-0.1, -0.05) is 0 Å². The summed E-state index contributed by atoms with van der Waals surface area (Å²) in [4.78, 5) is 0. The number of hydrogen-bond donors (Lipinski definition) is 0. The third-order valence-electron chi connectivity index (χ3n) is 0.659. The topological polar surface area (TPSA) is 123 Å². The van der Waals surface area contributed by atoms with Crippen LogP contribution in [-0.4, -0.2) is 17.8 Å². The molecule has 0 atom stereocenters. The van der Waals surface area contributed by atoms with Crippen LogP contribution in [0.15, 0.2) is 0 Å². The van der Waals surface area contributed by atoms with Crippen molar-refractivity contribution in [3.05, 3.63) is 11.1 Å². The zero-order valence-electron chi connectivity index (χ0n) is 7.26. The van der Waals surface area contributed by atoms with E-state index in [2.05, 4.69) is 4.51 Å². The molecule has 0 amide bonds. The number of nitrogens with zero attached hydrogens (tertiary/aromatic N) is 6. The molecule has 0 saturated carbocycles. The molecular formula is C6N6Si2Y. The molecule has 0 saturated heterocycles. The molecule has 0 spiro atoms. The summed E-state index contributed by atoms with van der Waals surface area (Å²) in [5, 5.41) is 39.4. The molecule has 0 rings (SSSR count). The summed E-state index contributed by atoms with van der Waals surface area (Å²) < 4.78 is 2.75. The average Bonchev–Trinajstić information content (AvgIpc) is 2.24. The van der Waals surface area contributed by atoms with E-state index in [1.165, 1.54) is 0 Å². The van der Waals surface area contributed by atoms with Crippen molar-refractivity contribution in [3.63, 3.8) is 0 Å². The monoisotopic (exact) mass is 301 g/mol. The minimum Gasteiger partial charge on any atom is -0.383 e. The summed E-state index contributed by atoms with van der Waals surface area (Å²) in [6.45, 7) is 6.19. The first-order chi connectivity index (χ1) is 6.69. The first-order valence-electron chi connectivity index (χ1n) is 2.82. The van der Waals surface area contributed by atoms with Gasteiger partial charge in [0.15, 0.2) is 0 Å². The van der Waals surface area contributed by atoms with Gasteiger partial charge < -0.3 is 4.51 Å². The maximum atomic E-state index is 7.89. The molecule has 0 unspecified atom stereocenters. The minimum absolute atomic E-state index is 0. The summed E-state index contributed by atoms with van der Waals surface area (Å²) in [5.74, 6) is 0. The summed E-state index contributed by atoms with van der Waals surface area (Å²) in [5.41, 5.74) is 7.92. The number of rotatable bonds is 0. The Balaban J connectivity index is -0.000000180. The van der Waals surface area contributed by atoms with E-state index in [1.54, 1.807) is 28.5 Å². The molecule has 0 aromatic rings. The Kier molecular flexibility index (Phi) is 19.1. The third-order valence-corrected chi connectivity index (χ3v) is 1.98. The Bertz CT molecular complexity index is 313. The fourth-order valence-electron chi connectivity index (χ4n) is 0.150. The van der Waals surface area contributed by atoms with Gasteiger partial charge in [-0.25, -0.2) is 15.8 Å². The van der Waals surface area contributed by atoms with E-state index >= 15 is 0 Å². The van der Waals surface area contributed by atoms with E-state index in [0.29, 0.717) is 0 Å². The Morgan fingerprint density at radius 3 is 1.13 bits per heavy atom. The van der Waals surface area contributed by atoms with E-state index in [-0.39, 0.29) is 32.7 Å². The van der Waals surface area contributed by atoms with Gasteiger partial charge in [-0.2, -0.15) is 10.5 Å². The van der Waals surface area contributed by atoms with Crippen LogP contribution in [0.4, 0.5) is 0 Å². The molecule has 0 aliphatic carbocycles. The second-order valence-electron chi connectivity index (χ2n) is 1.39. The SMILES string of the molecule is N#C[Si](C#N)C#N.[C-]#[N+][Si](C#N)C#N.[Y]. The zero-order valence-corrected chi connectivity index (χ0v) is 12.1. The van der Waals surface area contributed by atoms with Crippen LogP contribution < -0.4 is 0 Å². The molecule has 0 aliphatic rings. The Labute approximate surface area is 116 Å². The van der Waals surface area contributed by atoms with Gasteiger partial charge in [0.05, 0.1) is 17.1 Å². The molecular weight excluding hydrogens is 301 g/mol. The van der Waals surface area contributed by atoms with Crippen LogP contribution in [0.5, 0.6) is 0 Å². The van der Waals surface area contributed by atoms with Gasteiger partial charge in [0, 0.05) is 32.7 Å². The van der Waals surface area contributed by atoms with E-state index in [0.717, 1.165) is 0 Å². The van der Waals surface area contributed by atoms with Crippen molar-refractivity contribution in [2.24, 2.45) is 0 Å². The molecule has 0 bridgehead atoms. The van der Waals surface area contributed by atoms with E-state index < -0.39 is 17.8 Å². The van der Waals surface area contributed by atoms with Crippen molar-refractivity contribution in [3.8, 4) is 28.5 Å². The van der Waals surface area contributed by atoms with E-state index in [4.69, 9.17) is 32.9 Å². The maximum Gasteiger partial charge on any atom is 0.758 e. The fraction of sp³-hybridized carbons (Fsp3) is 0. The van der Waals surface area contributed by atoms with Gasteiger partial charge in [-0.3, -0.25) is 6.57 Å². The fourth-order valence-corrected chi connectivity index (χ4v) is 0.450. The van der Waals surface area contributed by atoms with Crippen molar-refractivity contribution in [1.29, 1.82) is 26.3 Å². The average molecular weight is 301 g/mol. The Morgan fingerprint density at radius 1 is 0.800 bits per heavy atom. The van der Waals surface area contributed by atoms with Crippen molar-refractivity contribution in [2.75, 3.05) is 0 Å². The van der Waals surface area contributed by atoms with Crippen LogP contribution in [0, 0.1) is 61.3 Å². The molecule has 0 fully saturated rings. The van der Waals surface area contributed by atoms with Gasteiger partial charge in [-0.15, -0.1) is 0 Å². The van der Waals surface area contributed by atoms with Crippen LogP contribution in [0.2, 0.25) is 0 Å². The Hall–Kier alpha value is -1.52. The molecule has 65 valence electrons. The van der Waals surface area contributed by atoms with Gasteiger partial charge in [-0.05, 0) is 0 Å². The molecule has 0 aromatic carbocycles. The minimum atomic E-state index is -1.96. The zero-order chi connectivity index (χ0) is 11.4. The smallest absolute Gasteiger partial charge is 0.383 e. The summed E-state index contributed by atoms with van der Waals surface area (Å²) in [6, 6.07) is 0. The van der Waals surface area contributed by atoms with Crippen molar-refractivity contribution >= 4 is 17.8 Å². The number of nitriles is 5. The van der Waals surface area contributed by atoms with E-state index in [1.807, 2.05) is 0 Å². The summed E-state index contributed by atoms with van der Waals surface area (Å²) in [7, 11) is -3.91. The molecule has 15 heavy (non-hydrogen) atoms. The first-order valence-corrected chi connectivity index (χ1v) is 5.76. The van der Waals surface area contributed by atoms with Gasteiger partial charge in [0.25, 0.3) is 0 Å². The largest absolute Gasteiger partial charge is 0.758 e. The quantitative estimate of drug-likeness (QED) is 0.448. The first kappa shape index (κ1) is 19.1. The predicted molar refractivity (Wildman–Crippen MR) is 46.2 cm³/mol. The Morgan fingerprint density at radius 2 is 1.13 bits per heavy atom.